The fraction of sp³-hybridized carbons (Fsp3) is 0.293. The summed E-state index contributed by atoms with van der Waals surface area (Å²) in [6.07, 6.45) is 1.74. The number of aromatic amines is 1. The van der Waals surface area contributed by atoms with Crippen LogP contribution in [0.2, 0.25) is 0 Å². The Kier molecular flexibility index (Phi) is 13.7. The topological polar surface area (TPSA) is 166 Å². The number of amides is 4. The van der Waals surface area contributed by atoms with E-state index >= 15 is 0 Å². The number of H-pyrrole nitrogens is 1. The minimum Gasteiger partial charge on any atom is -0.445 e. The van der Waals surface area contributed by atoms with Gasteiger partial charge in [0.2, 0.25) is 5.91 Å². The zero-order valence-corrected chi connectivity index (χ0v) is 29.9. The number of aliphatic hydroxyl groups is 1. The third kappa shape index (κ3) is 11.5. The Balaban J connectivity index is 1.42. The second-order valence-corrected chi connectivity index (χ2v) is 13.3. The van der Waals surface area contributed by atoms with Crippen molar-refractivity contribution >= 4 is 34.6 Å². The quantitative estimate of drug-likeness (QED) is 0.0898. The molecule has 0 aliphatic carbocycles. The van der Waals surface area contributed by atoms with Gasteiger partial charge in [-0.3, -0.25) is 19.8 Å². The zero-order valence-electron chi connectivity index (χ0n) is 29.9. The Bertz CT molecular complexity index is 1930. The molecule has 0 radical (unpaired) electrons. The van der Waals surface area contributed by atoms with E-state index in [-0.39, 0.29) is 38.3 Å². The molecule has 4 aromatic carbocycles. The van der Waals surface area contributed by atoms with Crippen molar-refractivity contribution in [3.8, 4) is 0 Å². The smallest absolute Gasteiger partial charge is 0.408 e. The molecule has 4 amide bonds. The first kappa shape index (κ1) is 38.2. The van der Waals surface area contributed by atoms with Crippen LogP contribution in [0, 0.1) is 5.92 Å². The molecule has 0 aliphatic rings. The molecular weight excluding hydrogens is 672 g/mol. The highest BCUT2D eigenvalue weighted by molar-refractivity contribution is 5.93. The van der Waals surface area contributed by atoms with Gasteiger partial charge < -0.3 is 25.5 Å². The third-order valence-corrected chi connectivity index (χ3v) is 8.73. The SMILES string of the molecule is CC(C)CC[C@H](O)C(=O)NN(Cc1ccccc1)C(=O)[C@@H](Cc1cnc[nH]1)NC(=O)[C@@H](Cc1cccc2ccccc12)NC(=O)OCc1ccccc1. The molecule has 0 saturated heterocycles. The highest BCUT2D eigenvalue weighted by atomic mass is 16.5. The minimum atomic E-state index is -1.35. The molecule has 276 valence electrons. The lowest BCUT2D eigenvalue weighted by molar-refractivity contribution is -0.148. The summed E-state index contributed by atoms with van der Waals surface area (Å²) in [6, 6.07) is 29.3. The maximum absolute atomic E-state index is 14.4. The van der Waals surface area contributed by atoms with E-state index in [0.717, 1.165) is 26.9 Å². The number of alkyl carbamates (subject to hydrolysis) is 1. The number of fused-ring (bicyclic) bond motifs is 1. The lowest BCUT2D eigenvalue weighted by atomic mass is 9.98. The van der Waals surface area contributed by atoms with E-state index in [0.29, 0.717) is 17.7 Å². The van der Waals surface area contributed by atoms with Gasteiger partial charge in [-0.1, -0.05) is 117 Å². The molecular formula is C41H46N6O6. The van der Waals surface area contributed by atoms with Crippen LogP contribution in [0.4, 0.5) is 4.79 Å². The average Bonchev–Trinajstić information content (AvgIpc) is 3.69. The van der Waals surface area contributed by atoms with Crippen molar-refractivity contribution in [2.75, 3.05) is 0 Å². The van der Waals surface area contributed by atoms with Crippen LogP contribution < -0.4 is 16.1 Å². The van der Waals surface area contributed by atoms with Crippen molar-refractivity contribution in [1.29, 1.82) is 0 Å². The summed E-state index contributed by atoms with van der Waals surface area (Å²) >= 11 is 0. The Morgan fingerprint density at radius 1 is 0.774 bits per heavy atom. The van der Waals surface area contributed by atoms with Crippen molar-refractivity contribution in [3.63, 3.8) is 0 Å². The zero-order chi connectivity index (χ0) is 37.6. The molecule has 5 N–H and O–H groups in total. The van der Waals surface area contributed by atoms with Crippen LogP contribution in [0.5, 0.6) is 0 Å². The summed E-state index contributed by atoms with van der Waals surface area (Å²) in [7, 11) is 0. The Morgan fingerprint density at radius 2 is 1.45 bits per heavy atom. The summed E-state index contributed by atoms with van der Waals surface area (Å²) in [6.45, 7) is 3.93. The maximum atomic E-state index is 14.4. The molecule has 1 heterocycles. The number of carbonyl (C=O) groups is 4. The first-order valence-electron chi connectivity index (χ1n) is 17.7. The lowest BCUT2D eigenvalue weighted by Crippen LogP contribution is -2.59. The van der Waals surface area contributed by atoms with E-state index in [1.165, 1.54) is 12.5 Å². The number of nitrogens with zero attached hydrogens (tertiary/aromatic N) is 2. The summed E-state index contributed by atoms with van der Waals surface area (Å²) < 4.78 is 5.49. The number of aromatic nitrogens is 2. The number of rotatable bonds is 16. The Hall–Kier alpha value is -6.01. The van der Waals surface area contributed by atoms with Gasteiger partial charge in [0.05, 0.1) is 12.9 Å². The largest absolute Gasteiger partial charge is 0.445 e. The third-order valence-electron chi connectivity index (χ3n) is 8.73. The monoisotopic (exact) mass is 718 g/mol. The molecule has 12 heteroatoms. The molecule has 0 bridgehead atoms. The fourth-order valence-corrected chi connectivity index (χ4v) is 5.85. The van der Waals surface area contributed by atoms with Gasteiger partial charge in [0.25, 0.3) is 11.8 Å². The van der Waals surface area contributed by atoms with Crippen LogP contribution in [-0.2, 0) is 45.1 Å². The molecule has 0 aliphatic heterocycles. The van der Waals surface area contributed by atoms with E-state index in [4.69, 9.17) is 4.74 Å². The summed E-state index contributed by atoms with van der Waals surface area (Å²) in [5.74, 6) is -1.76. The van der Waals surface area contributed by atoms with Gasteiger partial charge in [0.15, 0.2) is 0 Å². The van der Waals surface area contributed by atoms with Gasteiger partial charge in [-0.15, -0.1) is 0 Å². The van der Waals surface area contributed by atoms with E-state index in [1.807, 2.05) is 105 Å². The van der Waals surface area contributed by atoms with Gasteiger partial charge in [-0.25, -0.2) is 14.8 Å². The number of ether oxygens (including phenoxy) is 1. The average molecular weight is 719 g/mol. The fourth-order valence-electron chi connectivity index (χ4n) is 5.85. The minimum absolute atomic E-state index is 0.00657. The van der Waals surface area contributed by atoms with E-state index in [1.54, 1.807) is 12.1 Å². The molecule has 12 nitrogen and oxygen atoms in total. The highest BCUT2D eigenvalue weighted by Crippen LogP contribution is 2.20. The van der Waals surface area contributed by atoms with E-state index in [2.05, 4.69) is 26.0 Å². The first-order valence-corrected chi connectivity index (χ1v) is 17.7. The van der Waals surface area contributed by atoms with Crippen LogP contribution in [0.25, 0.3) is 10.8 Å². The molecule has 0 fully saturated rings. The number of imidazole rings is 1. The second kappa shape index (κ2) is 19.0. The number of hydrogen-bond acceptors (Lipinski definition) is 7. The van der Waals surface area contributed by atoms with Crippen molar-refractivity contribution in [2.45, 2.75) is 70.9 Å². The number of benzene rings is 4. The summed E-state index contributed by atoms with van der Waals surface area (Å²) in [5.41, 5.74) is 5.44. The normalized spacial score (nSPS) is 12.8. The van der Waals surface area contributed by atoms with Crippen molar-refractivity contribution in [3.05, 3.63) is 138 Å². The molecule has 5 rings (SSSR count). The molecule has 0 spiro atoms. The van der Waals surface area contributed by atoms with Gasteiger partial charge >= 0.3 is 6.09 Å². The summed E-state index contributed by atoms with van der Waals surface area (Å²) in [4.78, 5) is 62.2. The molecule has 3 atom stereocenters. The van der Waals surface area contributed by atoms with Gasteiger partial charge in [-0.05, 0) is 46.2 Å². The van der Waals surface area contributed by atoms with Gasteiger partial charge in [0.1, 0.15) is 24.8 Å². The number of carbonyl (C=O) groups excluding carboxylic acids is 4. The van der Waals surface area contributed by atoms with Crippen LogP contribution in [0.3, 0.4) is 0 Å². The van der Waals surface area contributed by atoms with Crippen molar-refractivity contribution < 1.29 is 29.0 Å². The van der Waals surface area contributed by atoms with Crippen LogP contribution in [0.15, 0.2) is 116 Å². The predicted octanol–water partition coefficient (Wildman–Crippen LogP) is 4.99. The van der Waals surface area contributed by atoms with Crippen molar-refractivity contribution in [2.24, 2.45) is 5.92 Å². The predicted molar refractivity (Wildman–Crippen MR) is 201 cm³/mol. The number of hydrogen-bond donors (Lipinski definition) is 5. The molecule has 0 saturated carbocycles. The molecule has 0 unspecified atom stereocenters. The summed E-state index contributed by atoms with van der Waals surface area (Å²) in [5, 5.41) is 19.2. The Morgan fingerprint density at radius 3 is 2.15 bits per heavy atom. The molecule has 5 aromatic rings. The second-order valence-electron chi connectivity index (χ2n) is 13.3. The van der Waals surface area contributed by atoms with Crippen LogP contribution in [-0.4, -0.2) is 62.1 Å². The van der Waals surface area contributed by atoms with Gasteiger partial charge in [-0.2, -0.15) is 0 Å². The molecule has 53 heavy (non-hydrogen) atoms. The standard InChI is InChI=1S/C41H46N6O6/c1-28(2)20-21-37(48)39(50)46-47(25-29-12-5-3-6-13-29)40(51)36(23-33-24-42-27-43-33)44-38(49)35(45-41(52)53-26-30-14-7-4-8-15-30)22-32-18-11-17-31-16-9-10-19-34(31)32/h3-19,24,27-28,35-37,48H,20-23,25-26H2,1-2H3,(H,42,43)(H,44,49)(H,45,52)(H,46,50)/t35-,36-,37+/m1/s1. The van der Waals surface area contributed by atoms with Gasteiger partial charge in [0, 0.05) is 24.7 Å². The Labute approximate surface area is 308 Å². The number of nitrogens with one attached hydrogen (secondary N) is 4. The van der Waals surface area contributed by atoms with Crippen LogP contribution >= 0.6 is 0 Å². The lowest BCUT2D eigenvalue weighted by Gasteiger charge is -2.30. The molecule has 1 aromatic heterocycles. The maximum Gasteiger partial charge on any atom is 0.408 e. The van der Waals surface area contributed by atoms with Crippen LogP contribution in [0.1, 0.15) is 49.1 Å². The van der Waals surface area contributed by atoms with E-state index < -0.39 is 42.0 Å². The highest BCUT2D eigenvalue weighted by Gasteiger charge is 2.32. The number of hydrazine groups is 1. The van der Waals surface area contributed by atoms with E-state index in [9.17, 15) is 24.3 Å². The first-order chi connectivity index (χ1) is 25.7. The van der Waals surface area contributed by atoms with Crippen molar-refractivity contribution in [1.82, 2.24) is 31.0 Å². The number of aliphatic hydroxyl groups excluding tert-OH is 1.